The van der Waals surface area contributed by atoms with Crippen LogP contribution in [-0.4, -0.2) is 15.2 Å². The summed E-state index contributed by atoms with van der Waals surface area (Å²) in [6, 6.07) is 1.94. The molecular formula is C5H4N4. The Morgan fingerprint density at radius 2 is 2.56 bits per heavy atom. The highest BCUT2D eigenvalue weighted by Gasteiger charge is 1.88. The summed E-state index contributed by atoms with van der Waals surface area (Å²) in [5.74, 6) is 0. The maximum Gasteiger partial charge on any atom is 0.138 e. The number of hydrogen-bond acceptors (Lipinski definition) is 4. The van der Waals surface area contributed by atoms with Crippen LogP contribution in [-0.2, 0) is 6.42 Å². The van der Waals surface area contributed by atoms with Gasteiger partial charge in [0.2, 0.25) is 0 Å². The predicted octanol–water partition coefficient (Wildman–Crippen LogP) is -0.0623. The van der Waals surface area contributed by atoms with E-state index < -0.39 is 0 Å². The van der Waals surface area contributed by atoms with Gasteiger partial charge in [0.25, 0.3) is 0 Å². The highest BCUT2D eigenvalue weighted by molar-refractivity contribution is 4.98. The van der Waals surface area contributed by atoms with E-state index in [9.17, 15) is 0 Å². The molecule has 4 nitrogen and oxygen atoms in total. The minimum Gasteiger partial charge on any atom is -0.241 e. The minimum atomic E-state index is 0.279. The van der Waals surface area contributed by atoms with Gasteiger partial charge in [0.1, 0.15) is 6.33 Å². The molecule has 0 fully saturated rings. The van der Waals surface area contributed by atoms with Crippen LogP contribution in [0, 0.1) is 11.3 Å². The van der Waals surface area contributed by atoms with Gasteiger partial charge in [-0.1, -0.05) is 0 Å². The largest absolute Gasteiger partial charge is 0.241 e. The molecule has 0 aliphatic heterocycles. The zero-order valence-corrected chi connectivity index (χ0v) is 4.65. The zero-order chi connectivity index (χ0) is 6.53. The monoisotopic (exact) mass is 120 g/mol. The van der Waals surface area contributed by atoms with E-state index in [1.54, 1.807) is 0 Å². The van der Waals surface area contributed by atoms with Crippen molar-refractivity contribution in [3.05, 3.63) is 18.2 Å². The molecule has 1 rings (SSSR count). The van der Waals surface area contributed by atoms with Crippen molar-refractivity contribution in [1.82, 2.24) is 15.2 Å². The summed E-state index contributed by atoms with van der Waals surface area (Å²) in [6.45, 7) is 0. The van der Waals surface area contributed by atoms with Crippen molar-refractivity contribution in [2.24, 2.45) is 0 Å². The van der Waals surface area contributed by atoms with E-state index in [0.717, 1.165) is 0 Å². The first kappa shape index (κ1) is 5.63. The van der Waals surface area contributed by atoms with Crippen LogP contribution in [0.4, 0.5) is 0 Å². The minimum absolute atomic E-state index is 0.279. The van der Waals surface area contributed by atoms with Crippen LogP contribution in [0.2, 0.25) is 0 Å². The molecule has 0 aliphatic rings. The fourth-order valence-electron chi connectivity index (χ4n) is 0.437. The van der Waals surface area contributed by atoms with Gasteiger partial charge in [-0.25, -0.2) is 4.98 Å². The number of nitrogens with zero attached hydrogens (tertiary/aromatic N) is 4. The average Bonchev–Trinajstić information content (AvgIpc) is 1.91. The molecule has 9 heavy (non-hydrogen) atoms. The van der Waals surface area contributed by atoms with Gasteiger partial charge in [-0.2, -0.15) is 10.4 Å². The fraction of sp³-hybridized carbons (Fsp3) is 0.200. The van der Waals surface area contributed by atoms with Crippen molar-refractivity contribution < 1.29 is 0 Å². The number of nitriles is 1. The lowest BCUT2D eigenvalue weighted by Gasteiger charge is -1.84. The van der Waals surface area contributed by atoms with Crippen molar-refractivity contribution in [3.63, 3.8) is 0 Å². The van der Waals surface area contributed by atoms with Crippen molar-refractivity contribution in [1.29, 1.82) is 5.26 Å². The van der Waals surface area contributed by atoms with Gasteiger partial charge in [0, 0.05) is 0 Å². The smallest absolute Gasteiger partial charge is 0.138 e. The Hall–Kier alpha value is -1.50. The topological polar surface area (TPSA) is 62.5 Å². The Balaban J connectivity index is 2.76. The standard InChI is InChI=1S/C5H4N4/c6-2-1-5-3-7-4-8-9-5/h3-4H,1H2. The Bertz CT molecular complexity index is 212. The van der Waals surface area contributed by atoms with Crippen molar-refractivity contribution in [3.8, 4) is 6.07 Å². The Labute approximate surface area is 52.2 Å². The van der Waals surface area contributed by atoms with E-state index in [1.165, 1.54) is 12.5 Å². The van der Waals surface area contributed by atoms with Gasteiger partial charge in [-0.3, -0.25) is 0 Å². The molecule has 0 aliphatic carbocycles. The molecular weight excluding hydrogens is 116 g/mol. The molecule has 0 spiro atoms. The second-order valence-corrected chi connectivity index (χ2v) is 1.44. The normalized spacial score (nSPS) is 8.33. The molecule has 0 unspecified atom stereocenters. The molecule has 1 heterocycles. The van der Waals surface area contributed by atoms with Crippen molar-refractivity contribution in [2.45, 2.75) is 6.42 Å². The summed E-state index contributed by atoms with van der Waals surface area (Å²) in [5, 5.41) is 15.3. The summed E-state index contributed by atoms with van der Waals surface area (Å²) in [6.07, 6.45) is 3.14. The van der Waals surface area contributed by atoms with Crippen LogP contribution >= 0.6 is 0 Å². The lowest BCUT2D eigenvalue weighted by molar-refractivity contribution is 0.902. The third kappa shape index (κ3) is 1.46. The molecule has 0 radical (unpaired) electrons. The molecule has 0 aromatic carbocycles. The highest BCUT2D eigenvalue weighted by Crippen LogP contribution is 1.85. The van der Waals surface area contributed by atoms with Gasteiger partial charge in [-0.05, 0) is 0 Å². The Morgan fingerprint density at radius 3 is 3.11 bits per heavy atom. The summed E-state index contributed by atoms with van der Waals surface area (Å²) < 4.78 is 0. The second-order valence-electron chi connectivity index (χ2n) is 1.44. The molecule has 0 bridgehead atoms. The molecule has 44 valence electrons. The van der Waals surface area contributed by atoms with Crippen LogP contribution in [0.1, 0.15) is 5.69 Å². The third-order valence-electron chi connectivity index (χ3n) is 0.788. The maximum absolute atomic E-state index is 8.17. The number of hydrogen-bond donors (Lipinski definition) is 0. The zero-order valence-electron chi connectivity index (χ0n) is 4.65. The molecule has 4 heteroatoms. The van der Waals surface area contributed by atoms with Gasteiger partial charge in [0.15, 0.2) is 0 Å². The van der Waals surface area contributed by atoms with E-state index >= 15 is 0 Å². The number of aromatic nitrogens is 3. The van der Waals surface area contributed by atoms with Crippen molar-refractivity contribution in [2.75, 3.05) is 0 Å². The molecule has 0 saturated heterocycles. The van der Waals surface area contributed by atoms with Crippen LogP contribution in [0.3, 0.4) is 0 Å². The molecule has 0 atom stereocenters. The van der Waals surface area contributed by atoms with Gasteiger partial charge in [0.05, 0.1) is 24.4 Å². The van der Waals surface area contributed by atoms with Gasteiger partial charge < -0.3 is 0 Å². The molecule has 1 aromatic rings. The van der Waals surface area contributed by atoms with Crippen molar-refractivity contribution >= 4 is 0 Å². The summed E-state index contributed by atoms with van der Waals surface area (Å²) in [7, 11) is 0. The quantitative estimate of drug-likeness (QED) is 0.520. The lowest BCUT2D eigenvalue weighted by atomic mass is 10.4. The summed E-state index contributed by atoms with van der Waals surface area (Å²) >= 11 is 0. The van der Waals surface area contributed by atoms with Crippen LogP contribution < -0.4 is 0 Å². The Kier molecular flexibility index (Phi) is 1.70. The van der Waals surface area contributed by atoms with Crippen LogP contribution in [0.5, 0.6) is 0 Å². The molecule has 0 amide bonds. The van der Waals surface area contributed by atoms with E-state index in [2.05, 4.69) is 15.2 Å². The first-order valence-corrected chi connectivity index (χ1v) is 2.42. The number of rotatable bonds is 1. The van der Waals surface area contributed by atoms with E-state index in [0.29, 0.717) is 5.69 Å². The van der Waals surface area contributed by atoms with Crippen LogP contribution in [0.25, 0.3) is 0 Å². The highest BCUT2D eigenvalue weighted by atomic mass is 15.1. The maximum atomic E-state index is 8.17. The lowest BCUT2D eigenvalue weighted by Crippen LogP contribution is -1.90. The van der Waals surface area contributed by atoms with Crippen LogP contribution in [0.15, 0.2) is 12.5 Å². The third-order valence-corrected chi connectivity index (χ3v) is 0.788. The summed E-state index contributed by atoms with van der Waals surface area (Å²) in [5.41, 5.74) is 0.611. The molecule has 0 N–H and O–H groups in total. The first-order chi connectivity index (χ1) is 4.43. The average molecular weight is 120 g/mol. The Morgan fingerprint density at radius 1 is 1.67 bits per heavy atom. The first-order valence-electron chi connectivity index (χ1n) is 2.42. The molecule has 0 saturated carbocycles. The molecule has 1 aromatic heterocycles. The van der Waals surface area contributed by atoms with Gasteiger partial charge in [-0.15, -0.1) is 5.10 Å². The second kappa shape index (κ2) is 2.72. The van der Waals surface area contributed by atoms with Gasteiger partial charge >= 0.3 is 0 Å². The predicted molar refractivity (Wildman–Crippen MR) is 29.1 cm³/mol. The van der Waals surface area contributed by atoms with E-state index in [-0.39, 0.29) is 6.42 Å². The fourth-order valence-corrected chi connectivity index (χ4v) is 0.437. The summed E-state index contributed by atoms with van der Waals surface area (Å²) in [4.78, 5) is 3.68. The SMILES string of the molecule is N#CCc1cncnn1. The van der Waals surface area contributed by atoms with E-state index in [4.69, 9.17) is 5.26 Å². The van der Waals surface area contributed by atoms with E-state index in [1.807, 2.05) is 6.07 Å².